The first-order chi connectivity index (χ1) is 3.46. The summed E-state index contributed by atoms with van der Waals surface area (Å²) in [7, 11) is 0. The van der Waals surface area contributed by atoms with E-state index in [0.29, 0.717) is 0 Å². The summed E-state index contributed by atoms with van der Waals surface area (Å²) in [5.74, 6) is 1.67. The Morgan fingerprint density at radius 1 is 0.500 bits per heavy atom. The standard InChI is InChI=1S/2C4H10.3CH3.Y/c2*1-4(2)3;;;;/h2*4H,1-3H3;3*1H3;/q;;3*-1;+3. The van der Waals surface area contributed by atoms with E-state index in [1.54, 1.807) is 0 Å². The molecule has 0 nitrogen and oxygen atoms in total. The van der Waals surface area contributed by atoms with E-state index in [2.05, 4.69) is 41.5 Å². The summed E-state index contributed by atoms with van der Waals surface area (Å²) in [6, 6.07) is 0. The Bertz CT molecular complexity index is 20.5. The van der Waals surface area contributed by atoms with Crippen molar-refractivity contribution in [3.05, 3.63) is 22.3 Å². The third-order valence-corrected chi connectivity index (χ3v) is 0. The van der Waals surface area contributed by atoms with Crippen LogP contribution >= 0.6 is 0 Å². The molecule has 0 N–H and O–H groups in total. The molecule has 0 amide bonds. The van der Waals surface area contributed by atoms with Gasteiger partial charge in [0.2, 0.25) is 0 Å². The van der Waals surface area contributed by atoms with Crippen molar-refractivity contribution in [2.45, 2.75) is 41.5 Å². The molecule has 0 aromatic rings. The summed E-state index contributed by atoms with van der Waals surface area (Å²) in [6.07, 6.45) is 0. The van der Waals surface area contributed by atoms with Crippen molar-refractivity contribution >= 4 is 0 Å². The van der Waals surface area contributed by atoms with Gasteiger partial charge in [-0.25, -0.2) is 0 Å². The fourth-order valence-corrected chi connectivity index (χ4v) is 0. The molecule has 0 aliphatic heterocycles. The van der Waals surface area contributed by atoms with Crippen molar-refractivity contribution in [2.75, 3.05) is 0 Å². The topological polar surface area (TPSA) is 0 Å². The first kappa shape index (κ1) is 38.0. The molecule has 0 aliphatic carbocycles. The van der Waals surface area contributed by atoms with Crippen LogP contribution in [0.4, 0.5) is 0 Å². The predicted octanol–water partition coefficient (Wildman–Crippen LogP) is 4.67. The summed E-state index contributed by atoms with van der Waals surface area (Å²) >= 11 is 0. The van der Waals surface area contributed by atoms with Crippen LogP contribution in [-0.2, 0) is 32.7 Å². The molecule has 0 aromatic heterocycles. The van der Waals surface area contributed by atoms with E-state index in [1.165, 1.54) is 0 Å². The molecule has 0 heterocycles. The van der Waals surface area contributed by atoms with Crippen molar-refractivity contribution in [1.82, 2.24) is 0 Å². The van der Waals surface area contributed by atoms with Crippen molar-refractivity contribution in [3.63, 3.8) is 0 Å². The van der Waals surface area contributed by atoms with Gasteiger partial charge < -0.3 is 22.3 Å². The minimum atomic E-state index is 0. The Hall–Kier alpha value is 1.10. The van der Waals surface area contributed by atoms with Crippen molar-refractivity contribution in [2.24, 2.45) is 11.8 Å². The van der Waals surface area contributed by atoms with Gasteiger partial charge in [0.15, 0.2) is 0 Å². The van der Waals surface area contributed by atoms with Gasteiger partial charge in [-0.1, -0.05) is 41.5 Å². The van der Waals surface area contributed by atoms with Crippen LogP contribution in [0.25, 0.3) is 0 Å². The maximum atomic E-state index is 2.17. The van der Waals surface area contributed by atoms with E-state index in [1.807, 2.05) is 0 Å². The maximum absolute atomic E-state index is 2.17. The minimum absolute atomic E-state index is 0. The summed E-state index contributed by atoms with van der Waals surface area (Å²) < 4.78 is 0. The first-order valence-corrected chi connectivity index (χ1v) is 3.46. The normalized spacial score (nSPS) is 6.00. The molecule has 76 valence electrons. The summed E-state index contributed by atoms with van der Waals surface area (Å²) in [4.78, 5) is 0. The molecule has 12 heavy (non-hydrogen) atoms. The van der Waals surface area contributed by atoms with Gasteiger partial charge in [-0.2, -0.15) is 0 Å². The zero-order valence-electron chi connectivity index (χ0n) is 10.7. The van der Waals surface area contributed by atoms with Crippen LogP contribution in [0.2, 0.25) is 0 Å². The van der Waals surface area contributed by atoms with Gasteiger partial charge >= 0.3 is 32.7 Å². The van der Waals surface area contributed by atoms with Crippen LogP contribution in [-0.4, -0.2) is 0 Å². The largest absolute Gasteiger partial charge is 3.00 e. The fraction of sp³-hybridized carbons (Fsp3) is 0.727. The Balaban J connectivity index is -0.0000000112. The van der Waals surface area contributed by atoms with Gasteiger partial charge in [0, 0.05) is 0 Å². The molecule has 0 aromatic carbocycles. The van der Waals surface area contributed by atoms with E-state index < -0.39 is 0 Å². The fourth-order valence-electron chi connectivity index (χ4n) is 0. The van der Waals surface area contributed by atoms with Crippen LogP contribution in [0.3, 0.4) is 0 Å². The van der Waals surface area contributed by atoms with Crippen LogP contribution < -0.4 is 0 Å². The molecule has 0 unspecified atom stereocenters. The van der Waals surface area contributed by atoms with Crippen molar-refractivity contribution in [3.8, 4) is 0 Å². The number of rotatable bonds is 0. The summed E-state index contributed by atoms with van der Waals surface area (Å²) in [5, 5.41) is 0. The van der Waals surface area contributed by atoms with E-state index in [-0.39, 0.29) is 55.0 Å². The second-order valence-electron chi connectivity index (χ2n) is 3.46. The average molecular weight is 250 g/mol. The molecule has 0 radical (unpaired) electrons. The molecular weight excluding hydrogens is 221 g/mol. The zero-order valence-corrected chi connectivity index (χ0v) is 13.6. The molecule has 1 heteroatoms. The first-order valence-electron chi connectivity index (χ1n) is 3.46. The van der Waals surface area contributed by atoms with Crippen LogP contribution in [0.15, 0.2) is 0 Å². The second-order valence-corrected chi connectivity index (χ2v) is 3.46. The SMILES string of the molecule is CC(C)C.CC(C)C.[CH3-].[CH3-].[CH3-].[Y+3]. The van der Waals surface area contributed by atoms with E-state index in [0.717, 1.165) is 11.8 Å². The molecule has 0 atom stereocenters. The van der Waals surface area contributed by atoms with E-state index in [4.69, 9.17) is 0 Å². The third kappa shape index (κ3) is 930. The van der Waals surface area contributed by atoms with Gasteiger partial charge in [0.1, 0.15) is 0 Å². The molecular formula is C11H29Y. The zero-order chi connectivity index (χ0) is 7.15. The molecule has 0 saturated carbocycles. The second kappa shape index (κ2) is 29.6. The third-order valence-electron chi connectivity index (χ3n) is 0. The van der Waals surface area contributed by atoms with Gasteiger partial charge in [0.25, 0.3) is 0 Å². The molecule has 0 bridgehead atoms. The quantitative estimate of drug-likeness (QED) is 0.548. The monoisotopic (exact) mass is 250 g/mol. The van der Waals surface area contributed by atoms with Gasteiger partial charge in [-0.3, -0.25) is 0 Å². The molecule has 0 aliphatic rings. The number of hydrogen-bond donors (Lipinski definition) is 0. The molecule has 0 fully saturated rings. The van der Waals surface area contributed by atoms with Crippen LogP contribution in [0, 0.1) is 34.1 Å². The number of hydrogen-bond acceptors (Lipinski definition) is 0. The van der Waals surface area contributed by atoms with Gasteiger partial charge in [0.05, 0.1) is 0 Å². The Morgan fingerprint density at radius 2 is 0.500 bits per heavy atom. The van der Waals surface area contributed by atoms with Gasteiger partial charge in [-0.05, 0) is 11.8 Å². The maximum Gasteiger partial charge on any atom is 3.00 e. The molecule has 0 spiro atoms. The Morgan fingerprint density at radius 3 is 0.500 bits per heavy atom. The molecule has 0 saturated heterocycles. The average Bonchev–Trinajstić information content (AvgIpc) is 1.25. The van der Waals surface area contributed by atoms with Crippen molar-refractivity contribution < 1.29 is 32.7 Å². The summed E-state index contributed by atoms with van der Waals surface area (Å²) in [6.45, 7) is 13.0. The minimum Gasteiger partial charge on any atom is -0.358 e. The van der Waals surface area contributed by atoms with E-state index >= 15 is 0 Å². The smallest absolute Gasteiger partial charge is 0.358 e. The van der Waals surface area contributed by atoms with Crippen LogP contribution in [0.5, 0.6) is 0 Å². The summed E-state index contributed by atoms with van der Waals surface area (Å²) in [5.41, 5.74) is 0. The van der Waals surface area contributed by atoms with Gasteiger partial charge in [-0.15, -0.1) is 0 Å². The predicted molar refractivity (Wildman–Crippen MR) is 60.3 cm³/mol. The van der Waals surface area contributed by atoms with Crippen molar-refractivity contribution in [1.29, 1.82) is 0 Å². The Kier molecular flexibility index (Phi) is 93.7. The molecule has 0 rings (SSSR count). The van der Waals surface area contributed by atoms with Crippen LogP contribution in [0.1, 0.15) is 41.5 Å². The Labute approximate surface area is 108 Å². The van der Waals surface area contributed by atoms with E-state index in [9.17, 15) is 0 Å².